The first kappa shape index (κ1) is 10.6. The summed E-state index contributed by atoms with van der Waals surface area (Å²) in [4.78, 5) is 14.9. The predicted octanol–water partition coefficient (Wildman–Crippen LogP) is 1.62. The number of nitrogens with zero attached hydrogens (tertiary/aromatic N) is 1. The van der Waals surface area contributed by atoms with Gasteiger partial charge in [0.2, 0.25) is 0 Å². The Bertz CT molecular complexity index is 413. The molecule has 0 bridgehead atoms. The molecule has 0 aromatic carbocycles. The van der Waals surface area contributed by atoms with E-state index in [0.717, 1.165) is 0 Å². The van der Waals surface area contributed by atoms with Crippen molar-refractivity contribution >= 4 is 17.1 Å². The van der Waals surface area contributed by atoms with E-state index < -0.39 is 17.2 Å². The number of thiazole rings is 1. The number of alkyl halides is 3. The number of Topliss-reactive ketones (excluding diaryl/α,β-unsaturated/α-hetero) is 1. The Morgan fingerprint density at radius 2 is 2.07 bits per heavy atom. The third kappa shape index (κ3) is 1.89. The van der Waals surface area contributed by atoms with Gasteiger partial charge >= 0.3 is 6.18 Å². The van der Waals surface area contributed by atoms with Crippen LogP contribution in [-0.2, 0) is 12.6 Å². The van der Waals surface area contributed by atoms with Crippen LogP contribution in [0, 0.1) is 0 Å². The Kier molecular flexibility index (Phi) is 2.31. The van der Waals surface area contributed by atoms with Crippen LogP contribution in [0.15, 0.2) is 0 Å². The van der Waals surface area contributed by atoms with Gasteiger partial charge in [-0.3, -0.25) is 4.79 Å². The van der Waals surface area contributed by atoms with Crippen molar-refractivity contribution in [3.8, 4) is 0 Å². The lowest BCUT2D eigenvalue weighted by Crippen LogP contribution is -2.30. The predicted molar refractivity (Wildman–Crippen MR) is 47.7 cm³/mol. The molecule has 1 unspecified atom stereocenters. The summed E-state index contributed by atoms with van der Waals surface area (Å²) in [5.74, 6) is -0.336. The number of aromatic nitrogens is 1. The van der Waals surface area contributed by atoms with Crippen LogP contribution in [0.2, 0.25) is 0 Å². The molecule has 2 rings (SSSR count). The van der Waals surface area contributed by atoms with Crippen molar-refractivity contribution in [1.29, 1.82) is 0 Å². The summed E-state index contributed by atoms with van der Waals surface area (Å²) in [7, 11) is 0. The Labute approximate surface area is 87.1 Å². The molecule has 1 aromatic heterocycles. The molecule has 15 heavy (non-hydrogen) atoms. The number of carbonyl (C=O) groups is 1. The highest BCUT2D eigenvalue weighted by molar-refractivity contribution is 7.14. The van der Waals surface area contributed by atoms with Crippen LogP contribution in [0.1, 0.15) is 26.8 Å². The molecule has 0 saturated heterocycles. The van der Waals surface area contributed by atoms with E-state index in [1.54, 1.807) is 0 Å². The third-order valence-electron chi connectivity index (χ3n) is 2.10. The molecule has 3 nitrogen and oxygen atoms in total. The largest absolute Gasteiger partial charge is 0.443 e. The van der Waals surface area contributed by atoms with Crippen molar-refractivity contribution < 1.29 is 18.0 Å². The number of nitrogens with two attached hydrogens (primary N) is 1. The number of rotatable bonds is 0. The van der Waals surface area contributed by atoms with Crippen molar-refractivity contribution in [3.63, 3.8) is 0 Å². The summed E-state index contributed by atoms with van der Waals surface area (Å²) in [6.07, 6.45) is -4.13. The minimum absolute atomic E-state index is 0.104. The number of carbonyl (C=O) groups excluding carboxylic acids is 1. The Balaban J connectivity index is 2.44. The molecule has 82 valence electrons. The second-order valence-electron chi connectivity index (χ2n) is 3.38. The number of fused-ring (bicyclic) bond motifs is 1. The van der Waals surface area contributed by atoms with Gasteiger partial charge in [-0.2, -0.15) is 13.2 Å². The van der Waals surface area contributed by atoms with E-state index in [2.05, 4.69) is 4.98 Å². The van der Waals surface area contributed by atoms with E-state index in [9.17, 15) is 18.0 Å². The average molecular weight is 236 g/mol. The van der Waals surface area contributed by atoms with Gasteiger partial charge in [0.1, 0.15) is 0 Å². The van der Waals surface area contributed by atoms with Crippen LogP contribution in [0.5, 0.6) is 0 Å². The molecule has 0 amide bonds. The van der Waals surface area contributed by atoms with Crippen molar-refractivity contribution in [3.05, 3.63) is 15.6 Å². The van der Waals surface area contributed by atoms with Crippen LogP contribution in [0.4, 0.5) is 13.2 Å². The summed E-state index contributed by atoms with van der Waals surface area (Å²) >= 11 is 0.411. The maximum atomic E-state index is 12.3. The van der Waals surface area contributed by atoms with Crippen LogP contribution < -0.4 is 5.73 Å². The molecular weight excluding hydrogens is 229 g/mol. The second kappa shape index (κ2) is 3.28. The Hall–Kier alpha value is -0.950. The standard InChI is InChI=1S/C8H7F3N2OS/c9-8(10,11)7-13-4-1-3(12)2-5(14)6(4)15-7/h3H,1-2,12H2. The molecule has 0 fully saturated rings. The van der Waals surface area contributed by atoms with Gasteiger partial charge in [0.25, 0.3) is 0 Å². The zero-order chi connectivity index (χ0) is 11.2. The maximum absolute atomic E-state index is 12.3. The monoisotopic (exact) mass is 236 g/mol. The van der Waals surface area contributed by atoms with Gasteiger partial charge < -0.3 is 5.73 Å². The third-order valence-corrected chi connectivity index (χ3v) is 3.28. The molecule has 0 saturated carbocycles. The van der Waals surface area contributed by atoms with Crippen LogP contribution in [0.25, 0.3) is 0 Å². The minimum Gasteiger partial charge on any atom is -0.327 e. The first-order valence-corrected chi connectivity index (χ1v) is 5.05. The molecular formula is C8H7F3N2OS. The summed E-state index contributed by atoms with van der Waals surface area (Å²) in [5, 5.41) is -0.963. The van der Waals surface area contributed by atoms with E-state index in [0.29, 0.717) is 11.3 Å². The molecule has 1 atom stereocenters. The van der Waals surface area contributed by atoms with E-state index in [1.165, 1.54) is 0 Å². The smallest absolute Gasteiger partial charge is 0.327 e. The van der Waals surface area contributed by atoms with Crippen molar-refractivity contribution in [2.75, 3.05) is 0 Å². The molecule has 1 aliphatic rings. The first-order chi connectivity index (χ1) is 6.88. The summed E-state index contributed by atoms with van der Waals surface area (Å²) in [6, 6.07) is -0.409. The zero-order valence-electron chi connectivity index (χ0n) is 7.47. The molecule has 1 aromatic rings. The van der Waals surface area contributed by atoms with E-state index >= 15 is 0 Å². The fraction of sp³-hybridized carbons (Fsp3) is 0.500. The molecule has 1 heterocycles. The SMILES string of the molecule is NC1CC(=O)c2sc(C(F)(F)F)nc2C1. The number of hydrogen-bond donors (Lipinski definition) is 1. The molecule has 0 aliphatic heterocycles. The van der Waals surface area contributed by atoms with Crippen molar-refractivity contribution in [2.24, 2.45) is 5.73 Å². The van der Waals surface area contributed by atoms with Crippen molar-refractivity contribution in [1.82, 2.24) is 4.98 Å². The molecule has 1 aliphatic carbocycles. The summed E-state index contributed by atoms with van der Waals surface area (Å²) in [5.41, 5.74) is 5.71. The minimum atomic E-state index is -4.48. The lowest BCUT2D eigenvalue weighted by molar-refractivity contribution is -0.137. The zero-order valence-corrected chi connectivity index (χ0v) is 8.28. The maximum Gasteiger partial charge on any atom is 0.443 e. The van der Waals surface area contributed by atoms with Gasteiger partial charge in [0.05, 0.1) is 10.6 Å². The normalized spacial score (nSPS) is 21.6. The van der Waals surface area contributed by atoms with Gasteiger partial charge in [-0.05, 0) is 0 Å². The molecule has 0 radical (unpaired) electrons. The van der Waals surface area contributed by atoms with Crippen LogP contribution >= 0.6 is 11.3 Å². The van der Waals surface area contributed by atoms with Gasteiger partial charge in [0, 0.05) is 18.9 Å². The highest BCUT2D eigenvalue weighted by atomic mass is 32.1. The Morgan fingerprint density at radius 3 is 2.67 bits per heavy atom. The second-order valence-corrected chi connectivity index (χ2v) is 4.38. The summed E-state index contributed by atoms with van der Waals surface area (Å²) < 4.78 is 36.9. The lowest BCUT2D eigenvalue weighted by Gasteiger charge is -2.14. The summed E-state index contributed by atoms with van der Waals surface area (Å²) in [6.45, 7) is 0. The highest BCUT2D eigenvalue weighted by Crippen LogP contribution is 2.36. The lowest BCUT2D eigenvalue weighted by atomic mass is 9.97. The molecule has 7 heteroatoms. The van der Waals surface area contributed by atoms with Gasteiger partial charge in [-0.15, -0.1) is 11.3 Å². The molecule has 2 N–H and O–H groups in total. The van der Waals surface area contributed by atoms with Gasteiger partial charge in [-0.1, -0.05) is 0 Å². The first-order valence-electron chi connectivity index (χ1n) is 4.23. The van der Waals surface area contributed by atoms with E-state index in [-0.39, 0.29) is 29.2 Å². The fourth-order valence-corrected chi connectivity index (χ4v) is 2.39. The highest BCUT2D eigenvalue weighted by Gasteiger charge is 2.38. The van der Waals surface area contributed by atoms with E-state index in [1.807, 2.05) is 0 Å². The topological polar surface area (TPSA) is 56.0 Å². The van der Waals surface area contributed by atoms with Gasteiger partial charge in [0.15, 0.2) is 10.8 Å². The van der Waals surface area contributed by atoms with Crippen molar-refractivity contribution in [2.45, 2.75) is 25.1 Å². The van der Waals surface area contributed by atoms with Gasteiger partial charge in [-0.25, -0.2) is 4.98 Å². The number of ketones is 1. The number of hydrogen-bond acceptors (Lipinski definition) is 4. The Morgan fingerprint density at radius 1 is 1.40 bits per heavy atom. The number of halogens is 3. The van der Waals surface area contributed by atoms with E-state index in [4.69, 9.17) is 5.73 Å². The average Bonchev–Trinajstić information content (AvgIpc) is 2.46. The van der Waals surface area contributed by atoms with Crippen LogP contribution in [-0.4, -0.2) is 16.8 Å². The quantitative estimate of drug-likeness (QED) is 0.744. The fourth-order valence-electron chi connectivity index (χ4n) is 1.48. The van der Waals surface area contributed by atoms with Crippen LogP contribution in [0.3, 0.4) is 0 Å². The molecule has 0 spiro atoms.